The van der Waals surface area contributed by atoms with E-state index in [4.69, 9.17) is 9.47 Å². The second-order valence-corrected chi connectivity index (χ2v) is 5.98. The van der Waals surface area contributed by atoms with Gasteiger partial charge in [-0.3, -0.25) is 4.99 Å². The first-order chi connectivity index (χ1) is 11.2. The second-order valence-electron chi connectivity index (χ2n) is 5.98. The molecule has 1 fully saturated rings. The van der Waals surface area contributed by atoms with Crippen molar-refractivity contribution in [2.45, 2.75) is 39.3 Å². The molecule has 1 aliphatic carbocycles. The van der Waals surface area contributed by atoms with Crippen LogP contribution in [-0.2, 0) is 11.3 Å². The molecule has 0 bridgehead atoms. The summed E-state index contributed by atoms with van der Waals surface area (Å²) < 4.78 is 10.8. The number of guanidine groups is 1. The van der Waals surface area contributed by atoms with E-state index < -0.39 is 0 Å². The Morgan fingerprint density at radius 1 is 1.29 bits per heavy atom. The maximum atomic E-state index is 5.69. The number of hydrogen-bond acceptors (Lipinski definition) is 3. The number of halogens is 1. The third-order valence-corrected chi connectivity index (χ3v) is 3.92. The Labute approximate surface area is 162 Å². The van der Waals surface area contributed by atoms with E-state index in [-0.39, 0.29) is 24.0 Å². The molecule has 1 aromatic rings. The van der Waals surface area contributed by atoms with Gasteiger partial charge in [-0.2, -0.15) is 0 Å². The Morgan fingerprint density at radius 2 is 2.00 bits per heavy atom. The molecule has 0 saturated heterocycles. The van der Waals surface area contributed by atoms with Crippen molar-refractivity contribution >= 4 is 29.9 Å². The minimum atomic E-state index is 0. The first-order valence-corrected chi connectivity index (χ1v) is 8.48. The number of nitrogens with zero attached hydrogens (tertiary/aromatic N) is 1. The molecule has 5 nitrogen and oxygen atoms in total. The standard InChI is InChI=1S/C18H29N3O2.HI/c1-4-19-18(21-17-12-14(17)2)20-10-5-11-23-13-15-6-8-16(22-3)9-7-15;/h6-9,14,17H,4-5,10-13H2,1-3H3,(H2,19,20,21);1H. The molecule has 0 heterocycles. The molecule has 1 aromatic carbocycles. The van der Waals surface area contributed by atoms with Gasteiger partial charge in [0, 0.05) is 25.7 Å². The summed E-state index contributed by atoms with van der Waals surface area (Å²) in [7, 11) is 1.67. The van der Waals surface area contributed by atoms with Gasteiger partial charge < -0.3 is 20.1 Å². The molecule has 6 heteroatoms. The monoisotopic (exact) mass is 447 g/mol. The van der Waals surface area contributed by atoms with Crippen LogP contribution in [0, 0.1) is 5.92 Å². The topological polar surface area (TPSA) is 54.9 Å². The molecule has 0 aromatic heterocycles. The highest BCUT2D eigenvalue weighted by Gasteiger charge is 2.33. The number of nitrogens with one attached hydrogen (secondary N) is 2. The Kier molecular flexibility index (Phi) is 10.1. The molecule has 1 saturated carbocycles. The first kappa shape index (κ1) is 21.0. The summed E-state index contributed by atoms with van der Waals surface area (Å²) in [5.74, 6) is 2.57. The van der Waals surface area contributed by atoms with Crippen molar-refractivity contribution in [1.29, 1.82) is 0 Å². The number of methoxy groups -OCH3 is 1. The molecule has 2 rings (SSSR count). The van der Waals surface area contributed by atoms with E-state index in [2.05, 4.69) is 29.5 Å². The zero-order valence-electron chi connectivity index (χ0n) is 14.9. The minimum Gasteiger partial charge on any atom is -0.497 e. The first-order valence-electron chi connectivity index (χ1n) is 8.48. The van der Waals surface area contributed by atoms with Gasteiger partial charge in [0.15, 0.2) is 5.96 Å². The normalized spacial score (nSPS) is 19.4. The van der Waals surface area contributed by atoms with Gasteiger partial charge in [0.05, 0.1) is 13.7 Å². The van der Waals surface area contributed by atoms with Crippen molar-refractivity contribution in [3.63, 3.8) is 0 Å². The van der Waals surface area contributed by atoms with Crippen LogP contribution in [0.4, 0.5) is 0 Å². The molecule has 2 unspecified atom stereocenters. The molecule has 0 aliphatic heterocycles. The van der Waals surface area contributed by atoms with Crippen molar-refractivity contribution in [1.82, 2.24) is 10.6 Å². The van der Waals surface area contributed by atoms with Crippen LogP contribution in [0.3, 0.4) is 0 Å². The predicted octanol–water partition coefficient (Wildman–Crippen LogP) is 3.18. The smallest absolute Gasteiger partial charge is 0.191 e. The second kappa shape index (κ2) is 11.5. The summed E-state index contributed by atoms with van der Waals surface area (Å²) in [4.78, 5) is 4.59. The van der Waals surface area contributed by atoms with Crippen LogP contribution >= 0.6 is 24.0 Å². The quantitative estimate of drug-likeness (QED) is 0.264. The highest BCUT2D eigenvalue weighted by molar-refractivity contribution is 14.0. The van der Waals surface area contributed by atoms with Crippen LogP contribution in [-0.4, -0.2) is 38.8 Å². The molecule has 2 atom stereocenters. The van der Waals surface area contributed by atoms with Crippen LogP contribution in [0.5, 0.6) is 5.75 Å². The molecule has 0 radical (unpaired) electrons. The van der Waals surface area contributed by atoms with Crippen LogP contribution in [0.25, 0.3) is 0 Å². The highest BCUT2D eigenvalue weighted by atomic mass is 127. The Hall–Kier alpha value is -1.02. The Morgan fingerprint density at radius 3 is 2.58 bits per heavy atom. The molecular weight excluding hydrogens is 417 g/mol. The Bertz CT molecular complexity index is 494. The minimum absolute atomic E-state index is 0. The summed E-state index contributed by atoms with van der Waals surface area (Å²) in [6.45, 7) is 7.36. The van der Waals surface area contributed by atoms with E-state index in [9.17, 15) is 0 Å². The largest absolute Gasteiger partial charge is 0.497 e. The van der Waals surface area contributed by atoms with Crippen molar-refractivity contribution < 1.29 is 9.47 Å². The van der Waals surface area contributed by atoms with Crippen molar-refractivity contribution in [2.24, 2.45) is 10.9 Å². The lowest BCUT2D eigenvalue weighted by Crippen LogP contribution is -2.39. The van der Waals surface area contributed by atoms with Gasteiger partial charge in [-0.1, -0.05) is 19.1 Å². The summed E-state index contributed by atoms with van der Waals surface area (Å²) in [5, 5.41) is 6.74. The van der Waals surface area contributed by atoms with Crippen molar-refractivity contribution in [3.05, 3.63) is 29.8 Å². The average molecular weight is 447 g/mol. The van der Waals surface area contributed by atoms with Crippen molar-refractivity contribution in [2.75, 3.05) is 26.8 Å². The van der Waals surface area contributed by atoms with E-state index in [0.717, 1.165) is 49.3 Å². The summed E-state index contributed by atoms with van der Waals surface area (Å²) in [5.41, 5.74) is 1.16. The van der Waals surface area contributed by atoms with Crippen LogP contribution < -0.4 is 15.4 Å². The number of aliphatic imine (C=N–C) groups is 1. The SMILES string of the molecule is CCNC(=NCCCOCc1ccc(OC)cc1)NC1CC1C.I. The molecule has 1 aliphatic rings. The van der Waals surface area contributed by atoms with Gasteiger partial charge in [-0.15, -0.1) is 24.0 Å². The predicted molar refractivity (Wildman–Crippen MR) is 109 cm³/mol. The molecule has 0 amide bonds. The van der Waals surface area contributed by atoms with Gasteiger partial charge in [-0.25, -0.2) is 0 Å². The van der Waals surface area contributed by atoms with Crippen LogP contribution in [0.15, 0.2) is 29.3 Å². The summed E-state index contributed by atoms with van der Waals surface area (Å²) in [6.07, 6.45) is 2.17. The van der Waals surface area contributed by atoms with Gasteiger partial charge in [-0.05, 0) is 43.4 Å². The van der Waals surface area contributed by atoms with Crippen molar-refractivity contribution in [3.8, 4) is 5.75 Å². The van der Waals surface area contributed by atoms with Gasteiger partial charge in [0.25, 0.3) is 0 Å². The number of rotatable bonds is 9. The molecule has 136 valence electrons. The van der Waals surface area contributed by atoms with Crippen LogP contribution in [0.1, 0.15) is 32.3 Å². The lowest BCUT2D eigenvalue weighted by molar-refractivity contribution is 0.120. The van der Waals surface area contributed by atoms with E-state index in [1.165, 1.54) is 6.42 Å². The maximum absolute atomic E-state index is 5.69. The van der Waals surface area contributed by atoms with E-state index in [1.54, 1.807) is 7.11 Å². The molecule has 0 spiro atoms. The van der Waals surface area contributed by atoms with Gasteiger partial charge in [0.1, 0.15) is 5.75 Å². The fraction of sp³-hybridized carbons (Fsp3) is 0.611. The molecular formula is C18H30IN3O2. The highest BCUT2D eigenvalue weighted by Crippen LogP contribution is 2.28. The maximum Gasteiger partial charge on any atom is 0.191 e. The number of ether oxygens (including phenoxy) is 2. The van der Waals surface area contributed by atoms with E-state index >= 15 is 0 Å². The van der Waals surface area contributed by atoms with Gasteiger partial charge >= 0.3 is 0 Å². The Balaban J connectivity index is 0.00000288. The fourth-order valence-corrected chi connectivity index (χ4v) is 2.29. The lowest BCUT2D eigenvalue weighted by atomic mass is 10.2. The zero-order valence-corrected chi connectivity index (χ0v) is 17.2. The van der Waals surface area contributed by atoms with E-state index in [0.29, 0.717) is 12.6 Å². The third-order valence-electron chi connectivity index (χ3n) is 3.92. The fourth-order valence-electron chi connectivity index (χ4n) is 2.29. The molecule has 2 N–H and O–H groups in total. The molecule has 24 heavy (non-hydrogen) atoms. The average Bonchev–Trinajstić information content (AvgIpc) is 3.26. The third kappa shape index (κ3) is 7.70. The van der Waals surface area contributed by atoms with Crippen LogP contribution in [0.2, 0.25) is 0 Å². The zero-order chi connectivity index (χ0) is 16.5. The number of benzene rings is 1. The summed E-state index contributed by atoms with van der Waals surface area (Å²) >= 11 is 0. The summed E-state index contributed by atoms with van der Waals surface area (Å²) in [6, 6.07) is 8.56. The lowest BCUT2D eigenvalue weighted by Gasteiger charge is -2.10. The van der Waals surface area contributed by atoms with E-state index in [1.807, 2.05) is 24.3 Å². The van der Waals surface area contributed by atoms with Gasteiger partial charge in [0.2, 0.25) is 0 Å². The number of hydrogen-bond donors (Lipinski definition) is 2.